The molecule has 7 nitrogen and oxygen atoms in total. The Bertz CT molecular complexity index is 632. The van der Waals surface area contributed by atoms with Crippen LogP contribution < -0.4 is 9.47 Å². The molecule has 2 aliphatic heterocycles. The van der Waals surface area contributed by atoms with Crippen LogP contribution in [0.5, 0.6) is 11.8 Å². The molecule has 2 fully saturated rings. The van der Waals surface area contributed by atoms with E-state index in [0.717, 1.165) is 19.6 Å². The quantitative estimate of drug-likeness (QED) is 0.813. The first-order valence-corrected chi connectivity index (χ1v) is 9.87. The smallest absolute Gasteiger partial charge is 0.259 e. The number of amides is 1. The molecule has 150 valence electrons. The number of aliphatic hydroxyl groups is 1. The number of aromatic nitrogens is 1. The molecule has 3 rings (SSSR count). The number of aliphatic hydroxyl groups excluding tert-OH is 1. The Morgan fingerprint density at radius 2 is 1.81 bits per heavy atom. The summed E-state index contributed by atoms with van der Waals surface area (Å²) in [4.78, 5) is 21.6. The van der Waals surface area contributed by atoms with Gasteiger partial charge in [-0.3, -0.25) is 4.79 Å². The third kappa shape index (κ3) is 4.71. The first-order valence-electron chi connectivity index (χ1n) is 9.87. The zero-order chi connectivity index (χ0) is 19.2. The minimum absolute atomic E-state index is 0.0983. The molecule has 0 aromatic carbocycles. The summed E-state index contributed by atoms with van der Waals surface area (Å²) >= 11 is 0. The third-order valence-corrected chi connectivity index (χ3v) is 5.76. The number of likely N-dealkylation sites (tertiary alicyclic amines) is 2. The number of carbonyl (C=O) groups is 1. The van der Waals surface area contributed by atoms with E-state index in [4.69, 9.17) is 9.47 Å². The van der Waals surface area contributed by atoms with E-state index in [1.807, 2.05) is 4.90 Å². The number of hydrogen-bond acceptors (Lipinski definition) is 6. The van der Waals surface area contributed by atoms with Crippen LogP contribution in [-0.4, -0.2) is 79.3 Å². The van der Waals surface area contributed by atoms with Gasteiger partial charge in [-0.2, -0.15) is 4.98 Å². The van der Waals surface area contributed by atoms with E-state index in [9.17, 15) is 9.90 Å². The summed E-state index contributed by atoms with van der Waals surface area (Å²) in [6.07, 6.45) is 5.10. The van der Waals surface area contributed by atoms with Gasteiger partial charge in [0, 0.05) is 38.2 Å². The molecule has 0 aliphatic carbocycles. The van der Waals surface area contributed by atoms with Gasteiger partial charge in [-0.15, -0.1) is 0 Å². The highest BCUT2D eigenvalue weighted by atomic mass is 16.5. The molecule has 0 bridgehead atoms. The normalized spacial score (nSPS) is 23.9. The fourth-order valence-electron chi connectivity index (χ4n) is 4.19. The van der Waals surface area contributed by atoms with E-state index in [2.05, 4.69) is 9.88 Å². The summed E-state index contributed by atoms with van der Waals surface area (Å²) in [5.74, 6) is 1.01. The lowest BCUT2D eigenvalue weighted by Gasteiger charge is -2.26. The molecule has 27 heavy (non-hydrogen) atoms. The number of nitrogens with zero attached hydrogens (tertiary/aromatic N) is 3. The zero-order valence-electron chi connectivity index (χ0n) is 16.4. The highest BCUT2D eigenvalue weighted by molar-refractivity contribution is 5.96. The predicted octanol–water partition coefficient (Wildman–Crippen LogP) is 1.66. The van der Waals surface area contributed by atoms with Crippen molar-refractivity contribution in [3.63, 3.8) is 0 Å². The van der Waals surface area contributed by atoms with Gasteiger partial charge in [0.25, 0.3) is 5.91 Å². The molecule has 1 aromatic rings. The van der Waals surface area contributed by atoms with Crippen molar-refractivity contribution in [3.05, 3.63) is 17.7 Å². The van der Waals surface area contributed by atoms with Crippen molar-refractivity contribution in [1.82, 2.24) is 14.8 Å². The van der Waals surface area contributed by atoms with E-state index in [0.29, 0.717) is 30.5 Å². The molecular weight excluding hydrogens is 346 g/mol. The second-order valence-corrected chi connectivity index (χ2v) is 7.54. The summed E-state index contributed by atoms with van der Waals surface area (Å²) in [5.41, 5.74) is 0.436. The van der Waals surface area contributed by atoms with Gasteiger partial charge in [-0.25, -0.2) is 0 Å². The van der Waals surface area contributed by atoms with Gasteiger partial charge in [0.2, 0.25) is 11.8 Å². The average molecular weight is 377 g/mol. The molecule has 2 atom stereocenters. The first kappa shape index (κ1) is 19.9. The van der Waals surface area contributed by atoms with Crippen LogP contribution in [0.15, 0.2) is 12.1 Å². The van der Waals surface area contributed by atoms with Gasteiger partial charge in [0.1, 0.15) is 5.56 Å². The minimum atomic E-state index is -0.0983. The van der Waals surface area contributed by atoms with Crippen molar-refractivity contribution in [2.24, 2.45) is 11.8 Å². The summed E-state index contributed by atoms with van der Waals surface area (Å²) in [6, 6.07) is 3.37. The Morgan fingerprint density at radius 3 is 2.44 bits per heavy atom. The molecule has 2 saturated heterocycles. The number of pyridine rings is 1. The van der Waals surface area contributed by atoms with E-state index >= 15 is 0 Å². The molecule has 2 aliphatic rings. The maximum Gasteiger partial charge on any atom is 0.259 e. The summed E-state index contributed by atoms with van der Waals surface area (Å²) < 4.78 is 10.4. The van der Waals surface area contributed by atoms with Crippen LogP contribution in [0.1, 0.15) is 36.0 Å². The predicted molar refractivity (Wildman–Crippen MR) is 102 cm³/mol. The van der Waals surface area contributed by atoms with Crippen molar-refractivity contribution < 1.29 is 19.4 Å². The Balaban J connectivity index is 1.69. The maximum atomic E-state index is 13.1. The van der Waals surface area contributed by atoms with Gasteiger partial charge in [-0.1, -0.05) is 12.8 Å². The number of ether oxygens (including phenoxy) is 2. The molecule has 3 heterocycles. The number of hydrogen-bond donors (Lipinski definition) is 1. The summed E-state index contributed by atoms with van der Waals surface area (Å²) in [5, 5.41) is 9.85. The van der Waals surface area contributed by atoms with E-state index in [1.54, 1.807) is 12.1 Å². The fraction of sp³-hybridized carbons (Fsp3) is 0.700. The standard InChI is InChI=1S/C20H31N3O4/c1-26-18-8-7-17(19(21-18)27-2)20(25)23-12-15(16(13-23)14-24)11-22-9-5-3-4-6-10-22/h7-8,15-16,24H,3-6,9-14H2,1-2H3/t15-,16-/m1/s1. The van der Waals surface area contributed by atoms with E-state index < -0.39 is 0 Å². The minimum Gasteiger partial charge on any atom is -0.481 e. The topological polar surface area (TPSA) is 75.1 Å². The third-order valence-electron chi connectivity index (χ3n) is 5.76. The lowest BCUT2D eigenvalue weighted by atomic mass is 9.96. The Labute approximate surface area is 161 Å². The molecule has 0 spiro atoms. The van der Waals surface area contributed by atoms with Crippen LogP contribution in [0.4, 0.5) is 0 Å². The molecule has 1 amide bonds. The van der Waals surface area contributed by atoms with Crippen LogP contribution in [0.25, 0.3) is 0 Å². The van der Waals surface area contributed by atoms with Crippen LogP contribution in [0.2, 0.25) is 0 Å². The summed E-state index contributed by atoms with van der Waals surface area (Å²) in [7, 11) is 3.03. The number of carbonyl (C=O) groups excluding carboxylic acids is 1. The lowest BCUT2D eigenvalue weighted by molar-refractivity contribution is 0.0774. The molecule has 0 saturated carbocycles. The van der Waals surface area contributed by atoms with Crippen molar-refractivity contribution >= 4 is 5.91 Å². The van der Waals surface area contributed by atoms with Gasteiger partial charge in [0.15, 0.2) is 0 Å². The maximum absolute atomic E-state index is 13.1. The van der Waals surface area contributed by atoms with Gasteiger partial charge in [-0.05, 0) is 37.9 Å². The Morgan fingerprint density at radius 1 is 1.11 bits per heavy atom. The monoisotopic (exact) mass is 377 g/mol. The van der Waals surface area contributed by atoms with Crippen molar-refractivity contribution in [2.45, 2.75) is 25.7 Å². The molecular formula is C20H31N3O4. The highest BCUT2D eigenvalue weighted by Gasteiger charge is 2.37. The molecule has 7 heteroatoms. The first-order chi connectivity index (χ1) is 13.2. The van der Waals surface area contributed by atoms with Crippen LogP contribution >= 0.6 is 0 Å². The average Bonchev–Trinajstić information content (AvgIpc) is 2.93. The zero-order valence-corrected chi connectivity index (χ0v) is 16.4. The second-order valence-electron chi connectivity index (χ2n) is 7.54. The Kier molecular flexibility index (Phi) is 6.90. The fourth-order valence-corrected chi connectivity index (χ4v) is 4.19. The van der Waals surface area contributed by atoms with Gasteiger partial charge >= 0.3 is 0 Å². The molecule has 1 aromatic heterocycles. The molecule has 0 unspecified atom stereocenters. The molecule has 1 N–H and O–H groups in total. The van der Waals surface area contributed by atoms with Crippen LogP contribution in [-0.2, 0) is 0 Å². The van der Waals surface area contributed by atoms with Crippen LogP contribution in [0, 0.1) is 11.8 Å². The molecule has 0 radical (unpaired) electrons. The van der Waals surface area contributed by atoms with Gasteiger partial charge in [0.05, 0.1) is 14.2 Å². The number of rotatable bonds is 6. The van der Waals surface area contributed by atoms with Crippen molar-refractivity contribution in [2.75, 3.05) is 53.6 Å². The van der Waals surface area contributed by atoms with Crippen LogP contribution in [0.3, 0.4) is 0 Å². The Hall–Kier alpha value is -1.86. The van der Waals surface area contributed by atoms with Crippen molar-refractivity contribution in [3.8, 4) is 11.8 Å². The SMILES string of the molecule is COc1ccc(C(=O)N2C[C@@H](CN3CCCCCC3)[C@@H](CO)C2)c(OC)n1. The lowest BCUT2D eigenvalue weighted by Crippen LogP contribution is -2.35. The summed E-state index contributed by atoms with van der Waals surface area (Å²) in [6.45, 7) is 4.55. The van der Waals surface area contributed by atoms with E-state index in [-0.39, 0.29) is 24.3 Å². The number of methoxy groups -OCH3 is 2. The van der Waals surface area contributed by atoms with Gasteiger partial charge < -0.3 is 24.4 Å². The second kappa shape index (κ2) is 9.37. The van der Waals surface area contributed by atoms with E-state index in [1.165, 1.54) is 39.9 Å². The highest BCUT2D eigenvalue weighted by Crippen LogP contribution is 2.29. The van der Waals surface area contributed by atoms with Crippen molar-refractivity contribution in [1.29, 1.82) is 0 Å². The largest absolute Gasteiger partial charge is 0.481 e.